The molecule has 0 unspecified atom stereocenters. The number of carbonyl (C=O) groups is 2. The van der Waals surface area contributed by atoms with Crippen molar-refractivity contribution in [2.24, 2.45) is 0 Å². The Morgan fingerprint density at radius 1 is 1.41 bits per heavy atom. The van der Waals surface area contributed by atoms with Crippen LogP contribution in [0.5, 0.6) is 0 Å². The van der Waals surface area contributed by atoms with Gasteiger partial charge in [0.25, 0.3) is 0 Å². The van der Waals surface area contributed by atoms with E-state index >= 15 is 0 Å². The van der Waals surface area contributed by atoms with E-state index in [1.165, 1.54) is 25.3 Å². The minimum absolute atomic E-state index is 0.152. The predicted octanol–water partition coefficient (Wildman–Crippen LogP) is 1.78. The Kier molecular flexibility index (Phi) is 5.12. The van der Waals surface area contributed by atoms with Crippen molar-refractivity contribution in [1.82, 2.24) is 0 Å². The van der Waals surface area contributed by atoms with Crippen LogP contribution in [0.3, 0.4) is 0 Å². The van der Waals surface area contributed by atoms with Crippen molar-refractivity contribution in [3.05, 3.63) is 34.9 Å². The zero-order chi connectivity index (χ0) is 12.8. The van der Waals surface area contributed by atoms with E-state index in [-0.39, 0.29) is 24.7 Å². The highest BCUT2D eigenvalue weighted by molar-refractivity contribution is 6.19. The van der Waals surface area contributed by atoms with Gasteiger partial charge in [0.05, 0.1) is 19.3 Å². The molecule has 0 radical (unpaired) electrons. The van der Waals surface area contributed by atoms with Gasteiger partial charge in [0, 0.05) is 17.9 Å². The maximum Gasteiger partial charge on any atom is 0.337 e. The molecule has 0 aliphatic heterocycles. The Morgan fingerprint density at radius 3 is 2.65 bits per heavy atom. The first-order chi connectivity index (χ1) is 8.13. The number of rotatable bonds is 5. The average Bonchev–Trinajstić information content (AvgIpc) is 2.37. The zero-order valence-corrected chi connectivity index (χ0v) is 10.2. The first-order valence-electron chi connectivity index (χ1n) is 5.05. The molecule has 0 spiro atoms. The van der Waals surface area contributed by atoms with Crippen LogP contribution in [0, 0.1) is 0 Å². The van der Waals surface area contributed by atoms with E-state index in [4.69, 9.17) is 11.6 Å². The molecule has 0 bridgehead atoms. The van der Waals surface area contributed by atoms with Gasteiger partial charge in [-0.2, -0.15) is 0 Å². The number of ether oxygens (including phenoxy) is 1. The standard InChI is InChI=1S/C12H13ClO4/c1-17-12(16)8-2-3-10(9(6-8)7-14)11(15)4-5-13/h2-3,6,14H,4-5,7H2,1H3. The largest absolute Gasteiger partial charge is 0.465 e. The number of esters is 1. The van der Waals surface area contributed by atoms with Crippen molar-refractivity contribution in [2.45, 2.75) is 13.0 Å². The van der Waals surface area contributed by atoms with Crippen molar-refractivity contribution >= 4 is 23.4 Å². The van der Waals surface area contributed by atoms with Crippen LogP contribution in [-0.2, 0) is 11.3 Å². The summed E-state index contributed by atoms with van der Waals surface area (Å²) in [5.74, 6) is -0.431. The van der Waals surface area contributed by atoms with Crippen LogP contribution in [0.25, 0.3) is 0 Å². The van der Waals surface area contributed by atoms with Gasteiger partial charge in [0.2, 0.25) is 0 Å². The van der Waals surface area contributed by atoms with Gasteiger partial charge < -0.3 is 9.84 Å². The van der Waals surface area contributed by atoms with Crippen molar-refractivity contribution in [3.63, 3.8) is 0 Å². The van der Waals surface area contributed by atoms with Gasteiger partial charge in [0.1, 0.15) is 0 Å². The molecule has 0 fully saturated rings. The summed E-state index contributed by atoms with van der Waals surface area (Å²) < 4.78 is 4.56. The molecule has 4 nitrogen and oxygen atoms in total. The third-order valence-corrected chi connectivity index (χ3v) is 2.51. The predicted molar refractivity (Wildman–Crippen MR) is 63.4 cm³/mol. The lowest BCUT2D eigenvalue weighted by atomic mass is 10.00. The molecule has 0 aliphatic carbocycles. The Balaban J connectivity index is 3.09. The molecule has 0 aromatic heterocycles. The zero-order valence-electron chi connectivity index (χ0n) is 9.40. The fourth-order valence-electron chi connectivity index (χ4n) is 1.46. The highest BCUT2D eigenvalue weighted by atomic mass is 35.5. The first kappa shape index (κ1) is 13.7. The highest BCUT2D eigenvalue weighted by Crippen LogP contribution is 2.15. The summed E-state index contributed by atoms with van der Waals surface area (Å²) in [6.45, 7) is -0.311. The second kappa shape index (κ2) is 6.37. The number of hydrogen-bond acceptors (Lipinski definition) is 4. The number of aliphatic hydroxyl groups excluding tert-OH is 1. The SMILES string of the molecule is COC(=O)c1ccc(C(=O)CCCl)c(CO)c1. The van der Waals surface area contributed by atoms with Gasteiger partial charge in [-0.1, -0.05) is 6.07 Å². The molecule has 0 heterocycles. The Labute approximate surface area is 104 Å². The fourth-order valence-corrected chi connectivity index (χ4v) is 1.63. The smallest absolute Gasteiger partial charge is 0.337 e. The summed E-state index contributed by atoms with van der Waals surface area (Å²) in [5.41, 5.74) is 1.10. The molecule has 0 saturated carbocycles. The van der Waals surface area contributed by atoms with E-state index < -0.39 is 5.97 Å². The lowest BCUT2D eigenvalue weighted by molar-refractivity contribution is 0.0600. The Hall–Kier alpha value is -1.39. The molecule has 1 rings (SSSR count). The van der Waals surface area contributed by atoms with Crippen LogP contribution in [0.2, 0.25) is 0 Å². The molecular weight excluding hydrogens is 244 g/mol. The number of aliphatic hydroxyl groups is 1. The van der Waals surface area contributed by atoms with Crippen molar-refractivity contribution < 1.29 is 19.4 Å². The number of methoxy groups -OCH3 is 1. The van der Waals surface area contributed by atoms with Crippen LogP contribution in [-0.4, -0.2) is 29.8 Å². The maximum absolute atomic E-state index is 11.7. The normalized spacial score (nSPS) is 10.1. The van der Waals surface area contributed by atoms with E-state index in [1.807, 2.05) is 0 Å². The molecule has 0 saturated heterocycles. The van der Waals surface area contributed by atoms with Gasteiger partial charge in [-0.25, -0.2) is 4.79 Å². The number of alkyl halides is 1. The molecule has 92 valence electrons. The minimum Gasteiger partial charge on any atom is -0.465 e. The summed E-state index contributed by atoms with van der Waals surface area (Å²) in [7, 11) is 1.27. The van der Waals surface area contributed by atoms with Crippen molar-refractivity contribution in [3.8, 4) is 0 Å². The monoisotopic (exact) mass is 256 g/mol. The van der Waals surface area contributed by atoms with E-state index in [9.17, 15) is 14.7 Å². The van der Waals surface area contributed by atoms with E-state index in [0.717, 1.165) is 0 Å². The summed E-state index contributed by atoms with van der Waals surface area (Å²) in [6, 6.07) is 4.45. The minimum atomic E-state index is -0.504. The summed E-state index contributed by atoms with van der Waals surface area (Å²) in [4.78, 5) is 22.9. The van der Waals surface area contributed by atoms with Gasteiger partial charge >= 0.3 is 5.97 Å². The van der Waals surface area contributed by atoms with Crippen LogP contribution in [0.1, 0.15) is 32.7 Å². The second-order valence-corrected chi connectivity index (χ2v) is 3.76. The van der Waals surface area contributed by atoms with Crippen LogP contribution in [0.15, 0.2) is 18.2 Å². The summed E-state index contributed by atoms with van der Waals surface area (Å²) in [5, 5.41) is 9.18. The number of benzene rings is 1. The molecule has 5 heteroatoms. The highest BCUT2D eigenvalue weighted by Gasteiger charge is 2.13. The Bertz CT molecular complexity index is 429. The van der Waals surface area contributed by atoms with Gasteiger partial charge in [0.15, 0.2) is 5.78 Å². The van der Waals surface area contributed by atoms with Crippen molar-refractivity contribution in [2.75, 3.05) is 13.0 Å². The second-order valence-electron chi connectivity index (χ2n) is 3.38. The molecule has 17 heavy (non-hydrogen) atoms. The lowest BCUT2D eigenvalue weighted by Crippen LogP contribution is -2.08. The average molecular weight is 257 g/mol. The maximum atomic E-state index is 11.7. The molecule has 0 amide bonds. The fraction of sp³-hybridized carbons (Fsp3) is 0.333. The van der Waals surface area contributed by atoms with Gasteiger partial charge in [-0.3, -0.25) is 4.79 Å². The lowest BCUT2D eigenvalue weighted by Gasteiger charge is -2.07. The van der Waals surface area contributed by atoms with Crippen molar-refractivity contribution in [1.29, 1.82) is 0 Å². The van der Waals surface area contributed by atoms with Gasteiger partial charge in [-0.15, -0.1) is 11.6 Å². The number of hydrogen-bond donors (Lipinski definition) is 1. The quantitative estimate of drug-likeness (QED) is 0.496. The molecule has 0 atom stereocenters. The van der Waals surface area contributed by atoms with Gasteiger partial charge in [-0.05, 0) is 17.7 Å². The van der Waals surface area contributed by atoms with Crippen LogP contribution >= 0.6 is 11.6 Å². The Morgan fingerprint density at radius 2 is 2.12 bits per heavy atom. The topological polar surface area (TPSA) is 63.6 Å². The summed E-state index contributed by atoms with van der Waals surface area (Å²) in [6.07, 6.45) is 0.201. The number of ketones is 1. The molecule has 1 aromatic carbocycles. The van der Waals surface area contributed by atoms with E-state index in [1.54, 1.807) is 0 Å². The number of halogens is 1. The number of Topliss-reactive ketones (excluding diaryl/α,β-unsaturated/α-hetero) is 1. The third kappa shape index (κ3) is 3.28. The van der Waals surface area contributed by atoms with E-state index in [2.05, 4.69) is 4.74 Å². The molecule has 1 N–H and O–H groups in total. The molecule has 1 aromatic rings. The first-order valence-corrected chi connectivity index (χ1v) is 5.58. The molecular formula is C12H13ClO4. The molecule has 0 aliphatic rings. The summed E-state index contributed by atoms with van der Waals surface area (Å²) >= 11 is 5.49. The number of carbonyl (C=O) groups excluding carboxylic acids is 2. The van der Waals surface area contributed by atoms with Crippen LogP contribution < -0.4 is 0 Å². The third-order valence-electron chi connectivity index (χ3n) is 2.32. The van der Waals surface area contributed by atoms with E-state index in [0.29, 0.717) is 16.7 Å². The van der Waals surface area contributed by atoms with Crippen LogP contribution in [0.4, 0.5) is 0 Å².